The predicted molar refractivity (Wildman–Crippen MR) is 80.5 cm³/mol. The van der Waals surface area contributed by atoms with Crippen LogP contribution in [0, 0.1) is 5.92 Å². The zero-order valence-corrected chi connectivity index (χ0v) is 13.1. The highest BCUT2D eigenvalue weighted by molar-refractivity contribution is 9.10. The molecule has 0 radical (unpaired) electrons. The van der Waals surface area contributed by atoms with Crippen molar-refractivity contribution in [3.8, 4) is 5.69 Å². The number of para-hydroxylation sites is 1. The van der Waals surface area contributed by atoms with E-state index in [1.807, 2.05) is 28.9 Å². The van der Waals surface area contributed by atoms with Crippen molar-refractivity contribution in [2.24, 2.45) is 5.92 Å². The zero-order valence-electron chi connectivity index (χ0n) is 11.5. The molecule has 20 heavy (non-hydrogen) atoms. The summed E-state index contributed by atoms with van der Waals surface area (Å²) < 4.78 is 2.82. The molecule has 5 nitrogen and oxygen atoms in total. The SMILES string of the molecule is CC1CCN(Cc2nnnn2-c2ccccc2Br)CC1. The third-order valence-corrected chi connectivity index (χ3v) is 4.53. The second-order valence-corrected chi connectivity index (χ2v) is 6.27. The molecule has 0 spiro atoms. The van der Waals surface area contributed by atoms with Crippen LogP contribution in [0.1, 0.15) is 25.6 Å². The van der Waals surface area contributed by atoms with Gasteiger partial charge in [-0.2, -0.15) is 4.68 Å². The van der Waals surface area contributed by atoms with Crippen molar-refractivity contribution in [2.75, 3.05) is 13.1 Å². The largest absolute Gasteiger partial charge is 0.296 e. The van der Waals surface area contributed by atoms with Crippen molar-refractivity contribution in [3.63, 3.8) is 0 Å². The van der Waals surface area contributed by atoms with E-state index < -0.39 is 0 Å². The quantitative estimate of drug-likeness (QED) is 0.865. The van der Waals surface area contributed by atoms with E-state index in [1.54, 1.807) is 0 Å². The van der Waals surface area contributed by atoms with E-state index in [4.69, 9.17) is 0 Å². The summed E-state index contributed by atoms with van der Waals surface area (Å²) >= 11 is 3.55. The van der Waals surface area contributed by atoms with Gasteiger partial charge in [0.15, 0.2) is 5.82 Å². The third-order valence-electron chi connectivity index (χ3n) is 3.86. The van der Waals surface area contributed by atoms with Crippen LogP contribution in [-0.2, 0) is 6.54 Å². The van der Waals surface area contributed by atoms with Crippen LogP contribution in [0.4, 0.5) is 0 Å². The number of tetrazole rings is 1. The Morgan fingerprint density at radius 2 is 2.00 bits per heavy atom. The van der Waals surface area contributed by atoms with Gasteiger partial charge >= 0.3 is 0 Å². The van der Waals surface area contributed by atoms with Crippen LogP contribution >= 0.6 is 15.9 Å². The highest BCUT2D eigenvalue weighted by atomic mass is 79.9. The van der Waals surface area contributed by atoms with Crippen LogP contribution in [0.2, 0.25) is 0 Å². The van der Waals surface area contributed by atoms with Crippen molar-refractivity contribution in [2.45, 2.75) is 26.3 Å². The monoisotopic (exact) mass is 335 g/mol. The fraction of sp³-hybridized carbons (Fsp3) is 0.500. The first kappa shape index (κ1) is 13.7. The minimum atomic E-state index is 0.807. The first-order valence-electron chi connectivity index (χ1n) is 6.98. The smallest absolute Gasteiger partial charge is 0.170 e. The topological polar surface area (TPSA) is 46.8 Å². The van der Waals surface area contributed by atoms with Crippen LogP contribution in [-0.4, -0.2) is 38.2 Å². The molecule has 0 N–H and O–H groups in total. The van der Waals surface area contributed by atoms with Gasteiger partial charge in [-0.05, 0) is 70.3 Å². The van der Waals surface area contributed by atoms with Gasteiger partial charge in [0.05, 0.1) is 12.2 Å². The molecule has 106 valence electrons. The van der Waals surface area contributed by atoms with E-state index in [9.17, 15) is 0 Å². The van der Waals surface area contributed by atoms with E-state index in [0.29, 0.717) is 0 Å². The Morgan fingerprint density at radius 3 is 2.75 bits per heavy atom. The van der Waals surface area contributed by atoms with E-state index in [2.05, 4.69) is 43.3 Å². The normalized spacial score (nSPS) is 17.5. The van der Waals surface area contributed by atoms with E-state index in [0.717, 1.165) is 41.5 Å². The molecule has 1 aromatic carbocycles. The summed E-state index contributed by atoms with van der Waals surface area (Å²) in [5, 5.41) is 12.1. The summed E-state index contributed by atoms with van der Waals surface area (Å²) in [4.78, 5) is 2.43. The van der Waals surface area contributed by atoms with Gasteiger partial charge < -0.3 is 0 Å². The maximum Gasteiger partial charge on any atom is 0.170 e. The van der Waals surface area contributed by atoms with Gasteiger partial charge in [0.2, 0.25) is 0 Å². The highest BCUT2D eigenvalue weighted by Crippen LogP contribution is 2.22. The van der Waals surface area contributed by atoms with Gasteiger partial charge in [0.25, 0.3) is 0 Å². The molecular weight excluding hydrogens is 318 g/mol. The molecule has 2 aromatic rings. The summed E-state index contributed by atoms with van der Waals surface area (Å²) in [6.07, 6.45) is 2.52. The Bertz CT molecular complexity index is 574. The van der Waals surface area contributed by atoms with Gasteiger partial charge in [-0.15, -0.1) is 5.10 Å². The molecule has 0 aliphatic carbocycles. The number of nitrogens with zero attached hydrogens (tertiary/aromatic N) is 5. The number of hydrogen-bond acceptors (Lipinski definition) is 4. The Kier molecular flexibility index (Phi) is 4.12. The standard InChI is InChI=1S/C14H18BrN5/c1-11-6-8-19(9-7-11)10-14-16-17-18-20(14)13-5-3-2-4-12(13)15/h2-5,11H,6-10H2,1H3. The molecule has 0 unspecified atom stereocenters. The predicted octanol–water partition coefficient (Wildman–Crippen LogP) is 2.66. The molecule has 0 amide bonds. The lowest BCUT2D eigenvalue weighted by Crippen LogP contribution is -2.33. The maximum absolute atomic E-state index is 4.19. The molecule has 0 saturated carbocycles. The molecule has 1 aliphatic heterocycles. The van der Waals surface area contributed by atoms with E-state index >= 15 is 0 Å². The summed E-state index contributed by atoms with van der Waals surface area (Å²) in [5.41, 5.74) is 0.984. The average Bonchev–Trinajstić information content (AvgIpc) is 2.90. The second-order valence-electron chi connectivity index (χ2n) is 5.42. The lowest BCUT2D eigenvalue weighted by Gasteiger charge is -2.29. The van der Waals surface area contributed by atoms with E-state index in [-0.39, 0.29) is 0 Å². The van der Waals surface area contributed by atoms with Crippen LogP contribution < -0.4 is 0 Å². The zero-order chi connectivity index (χ0) is 13.9. The first-order chi connectivity index (χ1) is 9.74. The summed E-state index contributed by atoms with van der Waals surface area (Å²) in [5.74, 6) is 1.73. The Balaban J connectivity index is 1.79. The van der Waals surface area contributed by atoms with Gasteiger partial charge in [0, 0.05) is 4.47 Å². The molecular formula is C14H18BrN5. The number of halogens is 1. The van der Waals surface area contributed by atoms with Crippen molar-refractivity contribution in [3.05, 3.63) is 34.6 Å². The number of likely N-dealkylation sites (tertiary alicyclic amines) is 1. The Hall–Kier alpha value is -1.27. The molecule has 0 bridgehead atoms. The molecule has 0 atom stereocenters. The molecule has 2 heterocycles. The van der Waals surface area contributed by atoms with Crippen LogP contribution in [0.15, 0.2) is 28.7 Å². The van der Waals surface area contributed by atoms with Crippen molar-refractivity contribution >= 4 is 15.9 Å². The van der Waals surface area contributed by atoms with Gasteiger partial charge in [-0.25, -0.2) is 0 Å². The van der Waals surface area contributed by atoms with Gasteiger partial charge in [0.1, 0.15) is 0 Å². The number of piperidine rings is 1. The van der Waals surface area contributed by atoms with Crippen molar-refractivity contribution in [1.82, 2.24) is 25.1 Å². The molecule has 1 aromatic heterocycles. The van der Waals surface area contributed by atoms with Crippen molar-refractivity contribution in [1.29, 1.82) is 0 Å². The van der Waals surface area contributed by atoms with Gasteiger partial charge in [-0.1, -0.05) is 19.1 Å². The Morgan fingerprint density at radius 1 is 1.25 bits per heavy atom. The van der Waals surface area contributed by atoms with Crippen LogP contribution in [0.5, 0.6) is 0 Å². The minimum Gasteiger partial charge on any atom is -0.296 e. The second kappa shape index (κ2) is 6.01. The third kappa shape index (κ3) is 2.91. The molecule has 1 saturated heterocycles. The number of hydrogen-bond donors (Lipinski definition) is 0. The van der Waals surface area contributed by atoms with Crippen molar-refractivity contribution < 1.29 is 0 Å². The fourth-order valence-corrected chi connectivity index (χ4v) is 2.99. The minimum absolute atomic E-state index is 0.807. The number of rotatable bonds is 3. The fourth-order valence-electron chi connectivity index (χ4n) is 2.54. The number of aromatic nitrogens is 4. The number of benzene rings is 1. The molecule has 3 rings (SSSR count). The van der Waals surface area contributed by atoms with Crippen LogP contribution in [0.3, 0.4) is 0 Å². The van der Waals surface area contributed by atoms with Gasteiger partial charge in [-0.3, -0.25) is 4.90 Å². The van der Waals surface area contributed by atoms with Crippen LogP contribution in [0.25, 0.3) is 5.69 Å². The lowest BCUT2D eigenvalue weighted by atomic mass is 9.99. The summed E-state index contributed by atoms with van der Waals surface area (Å²) in [6, 6.07) is 8.00. The molecule has 6 heteroatoms. The molecule has 1 aliphatic rings. The maximum atomic E-state index is 4.19. The summed E-state index contributed by atoms with van der Waals surface area (Å²) in [7, 11) is 0. The Labute approximate surface area is 127 Å². The summed E-state index contributed by atoms with van der Waals surface area (Å²) in [6.45, 7) is 5.39. The molecule has 1 fully saturated rings. The first-order valence-corrected chi connectivity index (χ1v) is 7.78. The average molecular weight is 336 g/mol. The lowest BCUT2D eigenvalue weighted by molar-refractivity contribution is 0.180. The highest BCUT2D eigenvalue weighted by Gasteiger charge is 2.19. The van der Waals surface area contributed by atoms with E-state index in [1.165, 1.54) is 12.8 Å².